The molecule has 0 radical (unpaired) electrons. The molecule has 5 heteroatoms. The van der Waals surface area contributed by atoms with Crippen molar-refractivity contribution in [3.05, 3.63) is 54.2 Å². The lowest BCUT2D eigenvalue weighted by Crippen LogP contribution is -2.19. The maximum Gasteiger partial charge on any atom is 0.144 e. The fourth-order valence-corrected chi connectivity index (χ4v) is 2.06. The molecule has 0 aliphatic rings. The van der Waals surface area contributed by atoms with Gasteiger partial charge in [0.15, 0.2) is 0 Å². The number of furan rings is 1. The topological polar surface area (TPSA) is 77.0 Å². The molecule has 0 saturated heterocycles. The summed E-state index contributed by atoms with van der Waals surface area (Å²) in [4.78, 5) is 8.32. The van der Waals surface area contributed by atoms with Crippen LogP contribution in [0.1, 0.15) is 24.6 Å². The first-order valence-corrected chi connectivity index (χ1v) is 6.51. The van der Waals surface area contributed by atoms with Crippen LogP contribution in [0.2, 0.25) is 0 Å². The Bertz CT molecular complexity index is 689. The summed E-state index contributed by atoms with van der Waals surface area (Å²) in [6.07, 6.45) is 1.66. The summed E-state index contributed by atoms with van der Waals surface area (Å²) >= 11 is 0. The minimum Gasteiger partial charge on any atom is -0.459 e. The van der Waals surface area contributed by atoms with Gasteiger partial charge in [0, 0.05) is 11.6 Å². The summed E-state index contributed by atoms with van der Waals surface area (Å²) in [6.45, 7) is 2.59. The van der Waals surface area contributed by atoms with E-state index in [2.05, 4.69) is 15.3 Å². The Morgan fingerprint density at radius 1 is 1.30 bits per heavy atom. The number of nitrogens with zero attached hydrogens (tertiary/aromatic N) is 2. The first kappa shape index (κ1) is 12.6. The number of benzene rings is 1. The average Bonchev–Trinajstić information content (AvgIpc) is 2.89. The molecule has 0 aliphatic carbocycles. The Hall–Kier alpha value is -2.40. The fourth-order valence-electron chi connectivity index (χ4n) is 2.06. The van der Waals surface area contributed by atoms with Gasteiger partial charge >= 0.3 is 0 Å². The fraction of sp³-hybridized carbons (Fsp3) is 0.200. The van der Waals surface area contributed by atoms with Crippen LogP contribution in [0.25, 0.3) is 11.0 Å². The maximum atomic E-state index is 5.81. The molecule has 102 valence electrons. The second kappa shape index (κ2) is 5.30. The van der Waals surface area contributed by atoms with E-state index in [1.165, 1.54) is 0 Å². The molecular weight excluding hydrogens is 252 g/mol. The number of nitrogens with two attached hydrogens (primary N) is 1. The molecular formula is C15H16N4O. The standard InChI is InChI=1S/C15H16N4O/c1-10(18-9-15-17-7-6-14(16)19-15)13-8-11-4-2-3-5-12(11)20-13/h2-8,10,18H,9H2,1H3,(H2,16,17,19)/t10-/m1/s1. The van der Waals surface area contributed by atoms with Gasteiger partial charge in [0.05, 0.1) is 12.6 Å². The SMILES string of the molecule is C[C@@H](NCc1nccc(N)n1)c1cc2ccccc2o1. The first-order chi connectivity index (χ1) is 9.72. The molecule has 20 heavy (non-hydrogen) atoms. The Morgan fingerprint density at radius 3 is 2.95 bits per heavy atom. The number of rotatable bonds is 4. The van der Waals surface area contributed by atoms with Gasteiger partial charge < -0.3 is 15.5 Å². The highest BCUT2D eigenvalue weighted by molar-refractivity contribution is 5.77. The van der Waals surface area contributed by atoms with Gasteiger partial charge in [-0.15, -0.1) is 0 Å². The van der Waals surface area contributed by atoms with Crippen molar-refractivity contribution in [2.24, 2.45) is 0 Å². The third-order valence-electron chi connectivity index (χ3n) is 3.16. The highest BCUT2D eigenvalue weighted by Crippen LogP contribution is 2.23. The van der Waals surface area contributed by atoms with Gasteiger partial charge in [-0.25, -0.2) is 9.97 Å². The predicted octanol–water partition coefficient (Wildman–Crippen LogP) is 2.66. The van der Waals surface area contributed by atoms with Gasteiger partial charge in [-0.05, 0) is 25.1 Å². The van der Waals surface area contributed by atoms with Crippen molar-refractivity contribution >= 4 is 16.8 Å². The number of anilines is 1. The molecule has 0 aliphatic heterocycles. The molecule has 1 aromatic carbocycles. The smallest absolute Gasteiger partial charge is 0.144 e. The average molecular weight is 268 g/mol. The first-order valence-electron chi connectivity index (χ1n) is 6.51. The van der Waals surface area contributed by atoms with Crippen molar-refractivity contribution in [2.45, 2.75) is 19.5 Å². The second-order valence-corrected chi connectivity index (χ2v) is 4.69. The van der Waals surface area contributed by atoms with Crippen molar-refractivity contribution in [1.29, 1.82) is 0 Å². The number of nitrogens with one attached hydrogen (secondary N) is 1. The predicted molar refractivity (Wildman–Crippen MR) is 77.9 cm³/mol. The van der Waals surface area contributed by atoms with Gasteiger partial charge in [0.25, 0.3) is 0 Å². The molecule has 0 saturated carbocycles. The lowest BCUT2D eigenvalue weighted by molar-refractivity contribution is 0.446. The lowest BCUT2D eigenvalue weighted by atomic mass is 10.2. The molecule has 2 heterocycles. The van der Waals surface area contributed by atoms with Gasteiger partial charge in [0.1, 0.15) is 23.0 Å². The number of para-hydroxylation sites is 1. The third-order valence-corrected chi connectivity index (χ3v) is 3.16. The molecule has 0 fully saturated rings. The largest absolute Gasteiger partial charge is 0.459 e. The second-order valence-electron chi connectivity index (χ2n) is 4.69. The zero-order valence-electron chi connectivity index (χ0n) is 11.2. The van der Waals surface area contributed by atoms with E-state index in [1.54, 1.807) is 12.3 Å². The molecule has 5 nitrogen and oxygen atoms in total. The molecule has 3 aromatic rings. The van der Waals surface area contributed by atoms with Crippen LogP contribution in [0, 0.1) is 0 Å². The monoisotopic (exact) mass is 268 g/mol. The Balaban J connectivity index is 1.71. The molecule has 3 N–H and O–H groups in total. The highest BCUT2D eigenvalue weighted by atomic mass is 16.3. The van der Waals surface area contributed by atoms with Crippen LogP contribution < -0.4 is 11.1 Å². The molecule has 0 amide bonds. The highest BCUT2D eigenvalue weighted by Gasteiger charge is 2.11. The van der Waals surface area contributed by atoms with Crippen LogP contribution >= 0.6 is 0 Å². The van der Waals surface area contributed by atoms with Crippen LogP contribution in [0.5, 0.6) is 0 Å². The van der Waals surface area contributed by atoms with E-state index in [-0.39, 0.29) is 6.04 Å². The van der Waals surface area contributed by atoms with E-state index in [0.717, 1.165) is 16.7 Å². The molecule has 0 unspecified atom stereocenters. The molecule has 2 aromatic heterocycles. The summed E-state index contributed by atoms with van der Waals surface area (Å²) in [5.41, 5.74) is 6.53. The molecule has 0 spiro atoms. The number of hydrogen-bond acceptors (Lipinski definition) is 5. The van der Waals surface area contributed by atoms with Crippen LogP contribution in [0.3, 0.4) is 0 Å². The van der Waals surface area contributed by atoms with Crippen LogP contribution in [0.4, 0.5) is 5.82 Å². The Labute approximate surface area is 116 Å². The zero-order chi connectivity index (χ0) is 13.9. The van der Waals surface area contributed by atoms with Crippen molar-refractivity contribution in [3.63, 3.8) is 0 Å². The summed E-state index contributed by atoms with van der Waals surface area (Å²) in [6, 6.07) is 11.8. The summed E-state index contributed by atoms with van der Waals surface area (Å²) < 4.78 is 5.81. The minimum absolute atomic E-state index is 0.0763. The van der Waals surface area contributed by atoms with E-state index in [9.17, 15) is 0 Å². The third kappa shape index (κ3) is 2.62. The quantitative estimate of drug-likeness (QED) is 0.760. The van der Waals surface area contributed by atoms with Crippen LogP contribution in [-0.4, -0.2) is 9.97 Å². The summed E-state index contributed by atoms with van der Waals surface area (Å²) in [5.74, 6) is 2.05. The van der Waals surface area contributed by atoms with E-state index < -0.39 is 0 Å². The zero-order valence-corrected chi connectivity index (χ0v) is 11.2. The Kier molecular flexibility index (Phi) is 3.35. The molecule has 1 atom stereocenters. The van der Waals surface area contributed by atoms with Crippen LogP contribution in [-0.2, 0) is 6.54 Å². The maximum absolute atomic E-state index is 5.81. The van der Waals surface area contributed by atoms with E-state index in [1.807, 2.05) is 37.3 Å². The lowest BCUT2D eigenvalue weighted by Gasteiger charge is -2.10. The van der Waals surface area contributed by atoms with Crippen molar-refractivity contribution < 1.29 is 4.42 Å². The van der Waals surface area contributed by atoms with Crippen molar-refractivity contribution in [3.8, 4) is 0 Å². The van der Waals surface area contributed by atoms with E-state index in [0.29, 0.717) is 18.2 Å². The van der Waals surface area contributed by atoms with Gasteiger partial charge in [-0.3, -0.25) is 0 Å². The van der Waals surface area contributed by atoms with E-state index >= 15 is 0 Å². The van der Waals surface area contributed by atoms with Gasteiger partial charge in [-0.1, -0.05) is 18.2 Å². The summed E-state index contributed by atoms with van der Waals surface area (Å²) in [7, 11) is 0. The number of aromatic nitrogens is 2. The number of hydrogen-bond donors (Lipinski definition) is 2. The molecule has 3 rings (SSSR count). The van der Waals surface area contributed by atoms with Crippen LogP contribution in [0.15, 0.2) is 47.0 Å². The number of nitrogen functional groups attached to an aromatic ring is 1. The van der Waals surface area contributed by atoms with Gasteiger partial charge in [0.2, 0.25) is 0 Å². The van der Waals surface area contributed by atoms with Crippen molar-refractivity contribution in [1.82, 2.24) is 15.3 Å². The minimum atomic E-state index is 0.0763. The number of fused-ring (bicyclic) bond motifs is 1. The van der Waals surface area contributed by atoms with Crippen molar-refractivity contribution in [2.75, 3.05) is 5.73 Å². The van der Waals surface area contributed by atoms with E-state index in [4.69, 9.17) is 10.2 Å². The normalized spacial score (nSPS) is 12.7. The Morgan fingerprint density at radius 2 is 2.15 bits per heavy atom. The van der Waals surface area contributed by atoms with Gasteiger partial charge in [-0.2, -0.15) is 0 Å². The summed E-state index contributed by atoms with van der Waals surface area (Å²) in [5, 5.41) is 4.44. The molecule has 0 bridgehead atoms.